The summed E-state index contributed by atoms with van der Waals surface area (Å²) >= 11 is 0. The average molecular weight is 1140 g/mol. The number of ether oxygens (including phenoxy) is 1. The van der Waals surface area contributed by atoms with Crippen molar-refractivity contribution < 1.29 is 9.53 Å². The number of nitrogens with zero attached hydrogens (tertiary/aromatic N) is 4. The zero-order valence-electron chi connectivity index (χ0n) is 58.0. The summed E-state index contributed by atoms with van der Waals surface area (Å²) in [6.45, 7) is 60.4. The number of fused-ring (bicyclic) bond motifs is 1. The lowest BCUT2D eigenvalue weighted by molar-refractivity contribution is 0.0963. The Morgan fingerprint density at radius 3 is 1.51 bits per heavy atom. The second-order valence-corrected chi connectivity index (χ2v) is 27.9. The van der Waals surface area contributed by atoms with Crippen LogP contribution < -0.4 is 15.4 Å². The normalized spacial score (nSPS) is 11.8. The Bertz CT molecular complexity index is 3140. The maximum Gasteiger partial charge on any atom is 0.251 e. The fourth-order valence-corrected chi connectivity index (χ4v) is 9.53. The molecule has 2 N–H and O–H groups in total. The Kier molecular flexibility index (Phi) is 28.1. The second-order valence-electron chi connectivity index (χ2n) is 27.9. The molecule has 7 aromatic rings. The fourth-order valence-electron chi connectivity index (χ4n) is 9.53. The van der Waals surface area contributed by atoms with E-state index in [4.69, 9.17) is 4.74 Å². The molecule has 4 heterocycles. The molecule has 1 amide bonds. The molecule has 0 unspecified atom stereocenters. The van der Waals surface area contributed by atoms with Crippen molar-refractivity contribution in [3.05, 3.63) is 215 Å². The molecule has 1 aliphatic heterocycles. The summed E-state index contributed by atoms with van der Waals surface area (Å²) in [6, 6.07) is 29.7. The molecule has 1 aliphatic rings. The van der Waals surface area contributed by atoms with E-state index < -0.39 is 0 Å². The summed E-state index contributed by atoms with van der Waals surface area (Å²) in [4.78, 5) is 28.1. The first-order valence-electron chi connectivity index (χ1n) is 30.1. The molecule has 0 fully saturated rings. The summed E-state index contributed by atoms with van der Waals surface area (Å²) in [7, 11) is 3.60. The van der Waals surface area contributed by atoms with Gasteiger partial charge in [0.2, 0.25) is 0 Å². The van der Waals surface area contributed by atoms with Gasteiger partial charge >= 0.3 is 0 Å². The van der Waals surface area contributed by atoms with Crippen LogP contribution in [0.25, 0.3) is 0 Å². The molecule has 8 heteroatoms. The molecule has 0 atom stereocenters. The van der Waals surface area contributed by atoms with E-state index in [1.807, 2.05) is 64.5 Å². The average Bonchev–Trinajstić information content (AvgIpc) is 4.07. The molecule has 4 aromatic carbocycles. The van der Waals surface area contributed by atoms with E-state index in [1.54, 1.807) is 13.4 Å². The molecule has 0 saturated heterocycles. The van der Waals surface area contributed by atoms with Crippen LogP contribution >= 0.6 is 0 Å². The van der Waals surface area contributed by atoms with Crippen molar-refractivity contribution in [2.24, 2.45) is 0 Å². The van der Waals surface area contributed by atoms with Gasteiger partial charge in [0.25, 0.3) is 5.91 Å². The van der Waals surface area contributed by atoms with Gasteiger partial charge in [0.1, 0.15) is 12.1 Å². The van der Waals surface area contributed by atoms with Crippen LogP contribution in [0, 0.1) is 83.1 Å². The topological polar surface area (TPSA) is 102 Å². The molecule has 458 valence electrons. The Hall–Kier alpha value is -6.51. The molecular formula is C76H112N6O2. The number of nitrogens with one attached hydrogen (secondary N) is 2. The number of carbonyl (C=O) groups is 1. The van der Waals surface area contributed by atoms with Gasteiger partial charge in [0.05, 0.1) is 6.61 Å². The van der Waals surface area contributed by atoms with Crippen LogP contribution in [0.3, 0.4) is 0 Å². The van der Waals surface area contributed by atoms with Gasteiger partial charge in [-0.2, -0.15) is 0 Å². The minimum absolute atomic E-state index is 0.0295. The first-order chi connectivity index (χ1) is 38.6. The Morgan fingerprint density at radius 1 is 0.488 bits per heavy atom. The highest BCUT2D eigenvalue weighted by atomic mass is 16.5. The van der Waals surface area contributed by atoms with E-state index in [-0.39, 0.29) is 33.0 Å². The molecule has 3 aromatic heterocycles. The van der Waals surface area contributed by atoms with Crippen LogP contribution in [0.5, 0.6) is 5.75 Å². The van der Waals surface area contributed by atoms with Crippen molar-refractivity contribution in [3.8, 4) is 5.75 Å². The SMILES string of the molecule is CC(C)(C)c1ccc2c(c1)OCC2.CNC(=O)c1ccc(C)c(C)c1.CNCc1ccc(C)c(C)c1.Cc1cc(C(C)(C)C)c(C)nc1C.Cc1ccc(C(C)(C)C)c(C)c1C.Cc1ncccc1C(C)(C)C.Cc1ncncc1C(C)(C)C. The largest absolute Gasteiger partial charge is 0.493 e. The number of carbonyl (C=O) groups excluding carboxylic acids is 1. The number of pyridine rings is 2. The van der Waals surface area contributed by atoms with Gasteiger partial charge in [-0.15, -0.1) is 0 Å². The number of rotatable bonds is 3. The highest BCUT2D eigenvalue weighted by Crippen LogP contribution is 2.32. The minimum atomic E-state index is -0.0295. The predicted octanol–water partition coefficient (Wildman–Crippen LogP) is 18.6. The number of hydrogen-bond donors (Lipinski definition) is 2. The molecule has 0 radical (unpaired) electrons. The Balaban J connectivity index is 0.000000335. The van der Waals surface area contributed by atoms with Crippen molar-refractivity contribution in [2.75, 3.05) is 20.7 Å². The third-order valence-corrected chi connectivity index (χ3v) is 15.4. The highest BCUT2D eigenvalue weighted by molar-refractivity contribution is 5.94. The van der Waals surface area contributed by atoms with Gasteiger partial charge in [0.15, 0.2) is 0 Å². The van der Waals surface area contributed by atoms with Crippen molar-refractivity contribution in [1.29, 1.82) is 0 Å². The van der Waals surface area contributed by atoms with Gasteiger partial charge in [-0.05, 0) is 225 Å². The molecule has 0 spiro atoms. The van der Waals surface area contributed by atoms with Crippen molar-refractivity contribution >= 4 is 5.91 Å². The van der Waals surface area contributed by atoms with Gasteiger partial charge in [0, 0.05) is 60.7 Å². The zero-order valence-corrected chi connectivity index (χ0v) is 58.0. The van der Waals surface area contributed by atoms with Gasteiger partial charge < -0.3 is 15.4 Å². The fraction of sp³-hybridized carbons (Fsp3) is 0.487. The number of hydrogen-bond acceptors (Lipinski definition) is 7. The maximum absolute atomic E-state index is 11.2. The van der Waals surface area contributed by atoms with Crippen LogP contribution in [-0.4, -0.2) is 46.5 Å². The standard InChI is InChI=1S/C13H20.C12H19N.C12H16O.C10H13NO.2C10H15N.C9H14N2/c1-9-7-8-12(13(4,5)6)11(3)10(9)2;1-8-7-11(12(4,5)6)10(3)13-9(8)2;1-12(2,3)10-5-4-9-6-7-13-11(9)8-10;1-7-4-5-9(6-8(7)2)10(12)11-3;1-8-9(10(2,3)4)6-5-7-11-8;1-8-4-5-10(7-11-3)6-9(8)2;1-7-8(9(2,3)4)5-10-6-11-7/h7-8H,1-6H3;7H,1-6H3;4-5,8H,6-7H2,1-3H3;4-6H,1-3H3,(H,11,12);5-7H,1-4H3;4-6,11H,7H2,1-3H3;5-6H,1-4H3. The Morgan fingerprint density at radius 2 is 1.04 bits per heavy atom. The van der Waals surface area contributed by atoms with Crippen LogP contribution in [0.4, 0.5) is 0 Å². The molecule has 0 saturated carbocycles. The van der Waals surface area contributed by atoms with E-state index in [2.05, 4.69) is 257 Å². The monoisotopic (exact) mass is 1140 g/mol. The Labute approximate surface area is 512 Å². The van der Waals surface area contributed by atoms with E-state index in [1.165, 1.54) is 77.9 Å². The van der Waals surface area contributed by atoms with E-state index in [0.717, 1.165) is 59.2 Å². The third kappa shape index (κ3) is 23.9. The quantitative estimate of drug-likeness (QED) is 0.182. The lowest BCUT2D eigenvalue weighted by atomic mass is 9.82. The molecular weight excluding hydrogens is 1030 g/mol. The molecule has 8 nitrogen and oxygen atoms in total. The van der Waals surface area contributed by atoms with E-state index in [9.17, 15) is 4.79 Å². The summed E-state index contributed by atoms with van der Waals surface area (Å²) < 4.78 is 5.53. The van der Waals surface area contributed by atoms with Gasteiger partial charge in [-0.3, -0.25) is 14.8 Å². The first-order valence-corrected chi connectivity index (χ1v) is 30.1. The first kappa shape index (κ1) is 73.6. The molecule has 0 bridgehead atoms. The van der Waals surface area contributed by atoms with Crippen LogP contribution in [0.15, 0.2) is 104 Å². The lowest BCUT2D eigenvalue weighted by Gasteiger charge is -2.23. The number of benzene rings is 4. The summed E-state index contributed by atoms with van der Waals surface area (Å²) in [5, 5.41) is 5.72. The maximum atomic E-state index is 11.2. The zero-order chi connectivity index (χ0) is 64.3. The molecule has 0 aliphatic carbocycles. The molecule has 8 rings (SSSR count). The number of aryl methyl sites for hydroxylation is 10. The van der Waals surface area contributed by atoms with Crippen molar-refractivity contribution in [2.45, 2.75) is 227 Å². The summed E-state index contributed by atoms with van der Waals surface area (Å²) in [5.41, 5.74) is 26.4. The van der Waals surface area contributed by atoms with Crippen LogP contribution in [0.1, 0.15) is 220 Å². The van der Waals surface area contributed by atoms with Crippen LogP contribution in [0.2, 0.25) is 0 Å². The van der Waals surface area contributed by atoms with Crippen molar-refractivity contribution in [3.63, 3.8) is 0 Å². The third-order valence-electron chi connectivity index (χ3n) is 15.4. The number of amides is 1. The van der Waals surface area contributed by atoms with Crippen molar-refractivity contribution in [1.82, 2.24) is 30.6 Å². The van der Waals surface area contributed by atoms with E-state index in [0.29, 0.717) is 0 Å². The summed E-state index contributed by atoms with van der Waals surface area (Å²) in [5.74, 6) is 1.06. The lowest BCUT2D eigenvalue weighted by Crippen LogP contribution is -2.17. The second kappa shape index (κ2) is 32.1. The number of aromatic nitrogens is 4. The molecule has 84 heavy (non-hydrogen) atoms. The minimum Gasteiger partial charge on any atom is -0.493 e. The van der Waals surface area contributed by atoms with Crippen LogP contribution in [-0.2, 0) is 40.0 Å². The van der Waals surface area contributed by atoms with Gasteiger partial charge in [-0.25, -0.2) is 9.97 Å². The predicted molar refractivity (Wildman–Crippen MR) is 362 cm³/mol. The van der Waals surface area contributed by atoms with E-state index >= 15 is 0 Å². The van der Waals surface area contributed by atoms with Gasteiger partial charge in [-0.1, -0.05) is 165 Å². The smallest absolute Gasteiger partial charge is 0.251 e. The highest BCUT2D eigenvalue weighted by Gasteiger charge is 2.21. The summed E-state index contributed by atoms with van der Waals surface area (Å²) in [6.07, 6.45) is 6.39.